The molecule has 78 valence electrons. The average Bonchev–Trinajstić information content (AvgIpc) is 1.96. The standard InChI is InChI=1S/C6H13NO5S/c1-4(8)5(6(9)12-2)7-13(3,10)11/h4-5,7-8H,1-3H3/t4-,5+/m1/s1. The summed E-state index contributed by atoms with van der Waals surface area (Å²) in [7, 11) is -2.42. The summed E-state index contributed by atoms with van der Waals surface area (Å²) in [6, 6.07) is -1.25. The summed E-state index contributed by atoms with van der Waals surface area (Å²) in [5.74, 6) is -0.819. The Morgan fingerprint density at radius 1 is 1.54 bits per heavy atom. The maximum absolute atomic E-state index is 10.9. The van der Waals surface area contributed by atoms with Crippen molar-refractivity contribution >= 4 is 16.0 Å². The van der Waals surface area contributed by atoms with E-state index >= 15 is 0 Å². The Morgan fingerprint density at radius 2 is 2.00 bits per heavy atom. The zero-order valence-corrected chi connectivity index (χ0v) is 8.46. The fraction of sp³-hybridized carbons (Fsp3) is 0.833. The van der Waals surface area contributed by atoms with E-state index in [0.717, 1.165) is 13.4 Å². The highest BCUT2D eigenvalue weighted by Crippen LogP contribution is 1.97. The van der Waals surface area contributed by atoms with Crippen LogP contribution in [0.25, 0.3) is 0 Å². The summed E-state index contributed by atoms with van der Waals surface area (Å²) < 4.78 is 27.7. The van der Waals surface area contributed by atoms with E-state index in [-0.39, 0.29) is 0 Å². The van der Waals surface area contributed by atoms with Gasteiger partial charge in [0.25, 0.3) is 0 Å². The number of sulfonamides is 1. The van der Waals surface area contributed by atoms with Crippen molar-refractivity contribution in [3.8, 4) is 0 Å². The zero-order valence-electron chi connectivity index (χ0n) is 7.64. The van der Waals surface area contributed by atoms with Gasteiger partial charge in [0.05, 0.1) is 19.5 Å². The molecule has 0 heterocycles. The van der Waals surface area contributed by atoms with Crippen LogP contribution in [0.3, 0.4) is 0 Å². The summed E-state index contributed by atoms with van der Waals surface area (Å²) in [4.78, 5) is 10.9. The number of methoxy groups -OCH3 is 1. The van der Waals surface area contributed by atoms with Crippen LogP contribution in [0.1, 0.15) is 6.92 Å². The third-order valence-electron chi connectivity index (χ3n) is 1.28. The maximum atomic E-state index is 10.9. The molecule has 0 saturated heterocycles. The van der Waals surface area contributed by atoms with Crippen LogP contribution in [0.15, 0.2) is 0 Å². The Labute approximate surface area is 76.9 Å². The first-order valence-electron chi connectivity index (χ1n) is 3.51. The second-order valence-corrected chi connectivity index (χ2v) is 4.41. The van der Waals surface area contributed by atoms with Gasteiger partial charge in [-0.15, -0.1) is 0 Å². The number of carbonyl (C=O) groups excluding carboxylic acids is 1. The molecule has 7 heteroatoms. The maximum Gasteiger partial charge on any atom is 0.326 e. The van der Waals surface area contributed by atoms with Gasteiger partial charge in [0, 0.05) is 0 Å². The Morgan fingerprint density at radius 3 is 2.23 bits per heavy atom. The second kappa shape index (κ2) is 4.54. The number of aliphatic hydroxyl groups excluding tert-OH is 1. The van der Waals surface area contributed by atoms with Crippen molar-refractivity contribution in [2.75, 3.05) is 13.4 Å². The van der Waals surface area contributed by atoms with Crippen molar-refractivity contribution in [2.45, 2.75) is 19.1 Å². The minimum Gasteiger partial charge on any atom is -0.468 e. The number of ether oxygens (including phenoxy) is 1. The molecule has 0 aromatic rings. The summed E-state index contributed by atoms with van der Waals surface area (Å²) >= 11 is 0. The Kier molecular flexibility index (Phi) is 4.31. The Hall–Kier alpha value is -0.660. The van der Waals surface area contributed by atoms with Crippen molar-refractivity contribution in [1.29, 1.82) is 0 Å². The second-order valence-electron chi connectivity index (χ2n) is 2.63. The molecule has 0 aromatic carbocycles. The number of hydrogen-bond donors (Lipinski definition) is 2. The van der Waals surface area contributed by atoms with Crippen LogP contribution in [0, 0.1) is 0 Å². The quantitative estimate of drug-likeness (QED) is 0.550. The number of carbonyl (C=O) groups is 1. The molecule has 6 nitrogen and oxygen atoms in total. The highest BCUT2D eigenvalue weighted by atomic mass is 32.2. The number of hydrogen-bond acceptors (Lipinski definition) is 5. The first-order valence-corrected chi connectivity index (χ1v) is 5.40. The lowest BCUT2D eigenvalue weighted by Crippen LogP contribution is -2.47. The van der Waals surface area contributed by atoms with Crippen molar-refractivity contribution in [3.05, 3.63) is 0 Å². The van der Waals surface area contributed by atoms with Gasteiger partial charge < -0.3 is 9.84 Å². The highest BCUT2D eigenvalue weighted by Gasteiger charge is 2.27. The number of esters is 1. The molecular weight excluding hydrogens is 198 g/mol. The van der Waals surface area contributed by atoms with Gasteiger partial charge in [-0.05, 0) is 6.92 Å². The predicted molar refractivity (Wildman–Crippen MR) is 45.5 cm³/mol. The van der Waals surface area contributed by atoms with Gasteiger partial charge in [0.15, 0.2) is 0 Å². The Bertz CT molecular complexity index is 271. The van der Waals surface area contributed by atoms with Gasteiger partial charge in [0.1, 0.15) is 6.04 Å². The normalized spacial score (nSPS) is 16.3. The predicted octanol–water partition coefficient (Wildman–Crippen LogP) is -1.54. The van der Waals surface area contributed by atoms with Crippen LogP contribution in [-0.2, 0) is 19.6 Å². The molecule has 0 aromatic heterocycles. The number of nitrogens with one attached hydrogen (secondary N) is 1. The third-order valence-corrected chi connectivity index (χ3v) is 1.96. The fourth-order valence-corrected chi connectivity index (χ4v) is 1.46. The van der Waals surface area contributed by atoms with Gasteiger partial charge in [-0.25, -0.2) is 8.42 Å². The molecule has 0 bridgehead atoms. The molecule has 0 fully saturated rings. The van der Waals surface area contributed by atoms with E-state index in [1.165, 1.54) is 6.92 Å². The van der Waals surface area contributed by atoms with Crippen LogP contribution in [0.2, 0.25) is 0 Å². The number of aliphatic hydroxyl groups is 1. The molecule has 0 aliphatic heterocycles. The van der Waals surface area contributed by atoms with Crippen LogP contribution < -0.4 is 4.72 Å². The van der Waals surface area contributed by atoms with Crippen molar-refractivity contribution < 1.29 is 23.1 Å². The molecule has 0 aliphatic carbocycles. The van der Waals surface area contributed by atoms with Crippen molar-refractivity contribution in [3.63, 3.8) is 0 Å². The Balaban J connectivity index is 4.55. The first kappa shape index (κ1) is 12.3. The molecule has 0 rings (SSSR count). The number of rotatable bonds is 4. The highest BCUT2D eigenvalue weighted by molar-refractivity contribution is 7.88. The van der Waals surface area contributed by atoms with Crippen LogP contribution in [-0.4, -0.2) is 45.0 Å². The molecule has 0 amide bonds. The van der Waals surface area contributed by atoms with Gasteiger partial charge >= 0.3 is 5.97 Å². The van der Waals surface area contributed by atoms with E-state index in [1.54, 1.807) is 0 Å². The fourth-order valence-electron chi connectivity index (χ4n) is 0.701. The zero-order chi connectivity index (χ0) is 10.6. The van der Waals surface area contributed by atoms with Crippen molar-refractivity contribution in [2.24, 2.45) is 0 Å². The first-order chi connectivity index (χ1) is 5.78. The van der Waals surface area contributed by atoms with E-state index in [0.29, 0.717) is 0 Å². The van der Waals surface area contributed by atoms with Crippen LogP contribution in [0.5, 0.6) is 0 Å². The van der Waals surface area contributed by atoms with E-state index in [2.05, 4.69) is 4.74 Å². The lowest BCUT2D eigenvalue weighted by atomic mass is 10.2. The van der Waals surface area contributed by atoms with Crippen LogP contribution in [0.4, 0.5) is 0 Å². The van der Waals surface area contributed by atoms with E-state index < -0.39 is 28.1 Å². The topological polar surface area (TPSA) is 92.7 Å². The van der Waals surface area contributed by atoms with E-state index in [4.69, 9.17) is 5.11 Å². The molecule has 2 atom stereocenters. The summed E-state index contributed by atoms with van der Waals surface area (Å²) in [6.07, 6.45) is -0.243. The molecule has 0 spiro atoms. The van der Waals surface area contributed by atoms with E-state index in [9.17, 15) is 13.2 Å². The SMILES string of the molecule is COC(=O)[C@@H](NS(C)(=O)=O)[C@@H](C)O. The minimum absolute atomic E-state index is 0.819. The van der Waals surface area contributed by atoms with E-state index in [1.807, 2.05) is 4.72 Å². The lowest BCUT2D eigenvalue weighted by Gasteiger charge is -2.17. The molecule has 0 aliphatic rings. The van der Waals surface area contributed by atoms with Gasteiger partial charge in [-0.3, -0.25) is 4.79 Å². The minimum atomic E-state index is -3.53. The summed E-state index contributed by atoms with van der Waals surface area (Å²) in [6.45, 7) is 1.29. The molecule has 13 heavy (non-hydrogen) atoms. The molecule has 0 radical (unpaired) electrons. The monoisotopic (exact) mass is 211 g/mol. The largest absolute Gasteiger partial charge is 0.468 e. The smallest absolute Gasteiger partial charge is 0.326 e. The van der Waals surface area contributed by atoms with Crippen molar-refractivity contribution in [1.82, 2.24) is 4.72 Å². The van der Waals surface area contributed by atoms with Gasteiger partial charge in [0.2, 0.25) is 10.0 Å². The van der Waals surface area contributed by atoms with Crippen LogP contribution >= 0.6 is 0 Å². The lowest BCUT2D eigenvalue weighted by molar-refractivity contribution is -0.145. The van der Waals surface area contributed by atoms with Gasteiger partial charge in [-0.1, -0.05) is 0 Å². The average molecular weight is 211 g/mol. The van der Waals surface area contributed by atoms with Gasteiger partial charge in [-0.2, -0.15) is 4.72 Å². The third kappa shape index (κ3) is 4.81. The molecule has 0 saturated carbocycles. The summed E-state index contributed by atoms with van der Waals surface area (Å²) in [5.41, 5.74) is 0. The molecule has 2 N–H and O–H groups in total. The summed E-state index contributed by atoms with van der Waals surface area (Å²) in [5, 5.41) is 9.05. The molecule has 0 unspecified atom stereocenters. The molecular formula is C6H13NO5S.